The molecule has 0 fully saturated rings. The van der Waals surface area contributed by atoms with Crippen molar-refractivity contribution in [2.24, 2.45) is 16.5 Å². The molecule has 0 spiro atoms. The lowest BCUT2D eigenvalue weighted by Crippen LogP contribution is -2.56. The molecule has 1 aromatic carbocycles. The molecule has 160 valence electrons. The fraction of sp³-hybridized carbons (Fsp3) is 0.368. The maximum atomic E-state index is 14.8. The second-order valence-electron chi connectivity index (χ2n) is 7.35. The van der Waals surface area contributed by atoms with E-state index < -0.39 is 46.7 Å². The molecule has 2 atom stereocenters. The van der Waals surface area contributed by atoms with Crippen molar-refractivity contribution in [3.63, 3.8) is 0 Å². The molecule has 0 saturated heterocycles. The lowest BCUT2D eigenvalue weighted by Gasteiger charge is -2.42. The van der Waals surface area contributed by atoms with E-state index in [1.807, 2.05) is 0 Å². The van der Waals surface area contributed by atoms with Crippen LogP contribution in [0.5, 0.6) is 5.88 Å². The number of aliphatic imine (C=N–C) groups is 1. The minimum atomic E-state index is -3.70. The molecule has 0 bridgehead atoms. The second-order valence-corrected chi connectivity index (χ2v) is 7.35. The Bertz CT molecular complexity index is 1010. The highest BCUT2D eigenvalue weighted by Gasteiger charge is 2.60. The number of aromatic nitrogens is 2. The Kier molecular flexibility index (Phi) is 5.17. The van der Waals surface area contributed by atoms with Gasteiger partial charge < -0.3 is 16.2 Å². The Hall–Kier alpha value is -3.24. The number of hydrogen-bond donors (Lipinski definition) is 2. The van der Waals surface area contributed by atoms with Gasteiger partial charge in [0.05, 0.1) is 18.8 Å². The van der Waals surface area contributed by atoms with Crippen LogP contribution in [-0.2, 0) is 12.1 Å². The number of halogens is 4. The summed E-state index contributed by atoms with van der Waals surface area (Å²) < 4.78 is 63.8. The molecule has 7 nitrogen and oxygen atoms in total. The van der Waals surface area contributed by atoms with Gasteiger partial charge in [0.2, 0.25) is 5.88 Å². The number of hydrogen-bond acceptors (Lipinski definition) is 6. The van der Waals surface area contributed by atoms with E-state index in [0.29, 0.717) is 5.56 Å². The van der Waals surface area contributed by atoms with Gasteiger partial charge in [-0.1, -0.05) is 6.07 Å². The third kappa shape index (κ3) is 3.79. The molecular formula is C19H19F4N5O2. The normalized spacial score (nSPS) is 25.5. The number of carbonyl (C=O) groups is 1. The van der Waals surface area contributed by atoms with Gasteiger partial charge in [0.25, 0.3) is 11.8 Å². The number of benzene rings is 1. The predicted molar refractivity (Wildman–Crippen MR) is 99.3 cm³/mol. The summed E-state index contributed by atoms with van der Waals surface area (Å²) in [6.45, 7) is 1.75. The standard InChI is InChI=1S/C19H19F4N5O2/c1-17(21)9-19(22,23)18(2,28-16(17)25)11-5-10(3-4-12(11)20)8-30-14-7-26-13(6-27-14)15(24)29/h3-7H,8-9H2,1-2H3,(H2,24,29)(H2,25,28)/t17-,18+/m0/s1. The lowest BCUT2D eigenvalue weighted by atomic mass is 9.77. The van der Waals surface area contributed by atoms with E-state index in [4.69, 9.17) is 16.2 Å². The van der Waals surface area contributed by atoms with E-state index >= 15 is 0 Å². The molecule has 0 aliphatic carbocycles. The SMILES string of the molecule is C[C@]1(F)CC(F)(F)[C@@](C)(c2cc(COc3cnc(C(N)=O)cn3)ccc2F)N=C1N. The fourth-order valence-electron chi connectivity index (χ4n) is 3.09. The molecule has 1 aliphatic heterocycles. The Labute approximate surface area is 169 Å². The zero-order chi connectivity index (χ0) is 22.3. The van der Waals surface area contributed by atoms with Crippen LogP contribution in [0, 0.1) is 5.82 Å². The van der Waals surface area contributed by atoms with Crippen molar-refractivity contribution in [2.45, 2.75) is 44.0 Å². The van der Waals surface area contributed by atoms with Crippen molar-refractivity contribution in [1.82, 2.24) is 9.97 Å². The third-order valence-corrected chi connectivity index (χ3v) is 4.97. The topological polar surface area (TPSA) is 116 Å². The summed E-state index contributed by atoms with van der Waals surface area (Å²) in [7, 11) is 0. The number of carbonyl (C=O) groups excluding carboxylic acids is 1. The van der Waals surface area contributed by atoms with E-state index in [9.17, 15) is 22.4 Å². The summed E-state index contributed by atoms with van der Waals surface area (Å²) in [6.07, 6.45) is 1.05. The summed E-state index contributed by atoms with van der Waals surface area (Å²) in [4.78, 5) is 22.3. The largest absolute Gasteiger partial charge is 0.472 e. The molecule has 2 aromatic rings. The highest BCUT2D eigenvalue weighted by molar-refractivity contribution is 5.90. The van der Waals surface area contributed by atoms with Crippen molar-refractivity contribution in [1.29, 1.82) is 0 Å². The van der Waals surface area contributed by atoms with Crippen LogP contribution < -0.4 is 16.2 Å². The number of nitrogens with zero attached hydrogens (tertiary/aromatic N) is 3. The van der Waals surface area contributed by atoms with Crippen LogP contribution in [0.1, 0.15) is 41.9 Å². The highest BCUT2D eigenvalue weighted by atomic mass is 19.3. The van der Waals surface area contributed by atoms with Crippen LogP contribution in [-0.4, -0.2) is 33.3 Å². The average Bonchev–Trinajstić information content (AvgIpc) is 2.65. The summed E-state index contributed by atoms with van der Waals surface area (Å²) in [6, 6.07) is 3.49. The molecule has 0 radical (unpaired) electrons. The second kappa shape index (κ2) is 7.22. The number of rotatable bonds is 5. The highest BCUT2D eigenvalue weighted by Crippen LogP contribution is 2.50. The van der Waals surface area contributed by atoms with E-state index in [1.165, 1.54) is 6.07 Å². The molecule has 3 rings (SSSR count). The number of primary amides is 1. The summed E-state index contributed by atoms with van der Waals surface area (Å²) in [5.41, 5.74) is 5.54. The first-order chi connectivity index (χ1) is 13.9. The van der Waals surface area contributed by atoms with Gasteiger partial charge >= 0.3 is 0 Å². The van der Waals surface area contributed by atoms with Crippen molar-refractivity contribution >= 4 is 11.7 Å². The molecule has 1 amide bonds. The van der Waals surface area contributed by atoms with Crippen LogP contribution in [0.4, 0.5) is 17.6 Å². The summed E-state index contributed by atoms with van der Waals surface area (Å²) >= 11 is 0. The van der Waals surface area contributed by atoms with Gasteiger partial charge in [-0.25, -0.2) is 27.5 Å². The Morgan fingerprint density at radius 3 is 2.50 bits per heavy atom. The number of ether oxygens (including phenoxy) is 1. The van der Waals surface area contributed by atoms with Gasteiger partial charge in [-0.05, 0) is 31.5 Å². The van der Waals surface area contributed by atoms with Crippen LogP contribution in [0.2, 0.25) is 0 Å². The molecule has 0 unspecified atom stereocenters. The zero-order valence-electron chi connectivity index (χ0n) is 16.1. The smallest absolute Gasteiger partial charge is 0.280 e. The number of alkyl halides is 3. The molecule has 11 heteroatoms. The molecule has 30 heavy (non-hydrogen) atoms. The van der Waals surface area contributed by atoms with E-state index in [-0.39, 0.29) is 18.2 Å². The van der Waals surface area contributed by atoms with E-state index in [1.54, 1.807) is 0 Å². The Morgan fingerprint density at radius 1 is 1.20 bits per heavy atom. The number of amides is 1. The minimum Gasteiger partial charge on any atom is -0.472 e. The Balaban J connectivity index is 1.90. The van der Waals surface area contributed by atoms with Crippen LogP contribution >= 0.6 is 0 Å². The Morgan fingerprint density at radius 2 is 1.90 bits per heavy atom. The van der Waals surface area contributed by atoms with E-state index in [0.717, 1.165) is 38.4 Å². The number of nitrogens with two attached hydrogens (primary N) is 2. The fourth-order valence-corrected chi connectivity index (χ4v) is 3.09. The van der Waals surface area contributed by atoms with Gasteiger partial charge in [0, 0.05) is 5.56 Å². The summed E-state index contributed by atoms with van der Waals surface area (Å²) in [5, 5.41) is 0. The van der Waals surface area contributed by atoms with Crippen LogP contribution in [0.15, 0.2) is 35.6 Å². The molecular weight excluding hydrogens is 406 g/mol. The molecule has 0 saturated carbocycles. The van der Waals surface area contributed by atoms with Gasteiger partial charge in [-0.15, -0.1) is 0 Å². The zero-order valence-corrected chi connectivity index (χ0v) is 16.1. The molecule has 2 heterocycles. The average molecular weight is 425 g/mol. The van der Waals surface area contributed by atoms with Gasteiger partial charge in [-0.3, -0.25) is 9.79 Å². The van der Waals surface area contributed by atoms with Crippen molar-refractivity contribution < 1.29 is 27.1 Å². The molecule has 1 aromatic heterocycles. The van der Waals surface area contributed by atoms with Crippen LogP contribution in [0.25, 0.3) is 0 Å². The van der Waals surface area contributed by atoms with Crippen LogP contribution in [0.3, 0.4) is 0 Å². The quantitative estimate of drug-likeness (QED) is 0.715. The minimum absolute atomic E-state index is 0.0375. The monoisotopic (exact) mass is 425 g/mol. The van der Waals surface area contributed by atoms with Crippen molar-refractivity contribution in [3.8, 4) is 5.88 Å². The first kappa shape index (κ1) is 21.5. The van der Waals surface area contributed by atoms with Gasteiger partial charge in [0.1, 0.15) is 24.0 Å². The molecule has 1 aliphatic rings. The predicted octanol–water partition coefficient (Wildman–Crippen LogP) is 2.63. The summed E-state index contributed by atoms with van der Waals surface area (Å²) in [5.74, 6) is -5.98. The van der Waals surface area contributed by atoms with E-state index in [2.05, 4.69) is 15.0 Å². The molecule has 4 N–H and O–H groups in total. The van der Waals surface area contributed by atoms with Crippen molar-refractivity contribution in [2.75, 3.05) is 0 Å². The van der Waals surface area contributed by atoms with Gasteiger partial charge in [0.15, 0.2) is 11.2 Å². The first-order valence-electron chi connectivity index (χ1n) is 8.82. The van der Waals surface area contributed by atoms with Gasteiger partial charge in [-0.2, -0.15) is 0 Å². The lowest BCUT2D eigenvalue weighted by molar-refractivity contribution is -0.106. The first-order valence-corrected chi connectivity index (χ1v) is 8.82. The maximum Gasteiger partial charge on any atom is 0.280 e. The number of amidine groups is 1. The third-order valence-electron chi connectivity index (χ3n) is 4.97. The maximum absolute atomic E-state index is 14.8. The van der Waals surface area contributed by atoms with Crippen molar-refractivity contribution in [3.05, 3.63) is 53.2 Å².